The fourth-order valence-corrected chi connectivity index (χ4v) is 1.69. The molecule has 2 rings (SSSR count). The third-order valence-corrected chi connectivity index (χ3v) is 2.47. The van der Waals surface area contributed by atoms with Crippen LogP contribution < -0.4 is 10.1 Å². The lowest BCUT2D eigenvalue weighted by Crippen LogP contribution is -2.05. The lowest BCUT2D eigenvalue weighted by molar-refractivity contribution is 0.325. The number of benzene rings is 1. The Hall–Kier alpha value is -2.17. The van der Waals surface area contributed by atoms with Crippen molar-refractivity contribution in [2.24, 2.45) is 0 Å². The summed E-state index contributed by atoms with van der Waals surface area (Å²) >= 11 is 0. The van der Waals surface area contributed by atoms with Gasteiger partial charge in [-0.2, -0.15) is 4.98 Å². The molecule has 0 aliphatic heterocycles. The van der Waals surface area contributed by atoms with Gasteiger partial charge in [-0.25, -0.2) is 9.37 Å². The van der Waals surface area contributed by atoms with E-state index >= 15 is 0 Å². The van der Waals surface area contributed by atoms with Crippen LogP contribution in [0.15, 0.2) is 30.3 Å². The van der Waals surface area contributed by atoms with Gasteiger partial charge in [0.15, 0.2) is 0 Å². The van der Waals surface area contributed by atoms with Crippen molar-refractivity contribution in [3.63, 3.8) is 0 Å². The van der Waals surface area contributed by atoms with Gasteiger partial charge in [-0.3, -0.25) is 0 Å². The van der Waals surface area contributed by atoms with Crippen molar-refractivity contribution >= 4 is 5.82 Å². The van der Waals surface area contributed by atoms with E-state index in [2.05, 4.69) is 15.3 Å². The molecule has 0 saturated carbocycles. The first-order valence-corrected chi connectivity index (χ1v) is 6.14. The third kappa shape index (κ3) is 3.91. The molecule has 0 radical (unpaired) electrons. The number of halogens is 1. The second-order valence-corrected chi connectivity index (χ2v) is 4.06. The fourth-order valence-electron chi connectivity index (χ4n) is 1.69. The summed E-state index contributed by atoms with van der Waals surface area (Å²) in [5.74, 6) is 1.60. The van der Waals surface area contributed by atoms with Gasteiger partial charge >= 0.3 is 0 Å². The van der Waals surface area contributed by atoms with Gasteiger partial charge in [0.2, 0.25) is 5.88 Å². The molecule has 0 fully saturated rings. The molecule has 1 aromatic heterocycles. The molecule has 0 bridgehead atoms. The van der Waals surface area contributed by atoms with Crippen LogP contribution in [0.5, 0.6) is 5.88 Å². The van der Waals surface area contributed by atoms with Crippen LogP contribution >= 0.6 is 0 Å². The van der Waals surface area contributed by atoms with Gasteiger partial charge < -0.3 is 10.1 Å². The van der Waals surface area contributed by atoms with E-state index in [1.807, 2.05) is 13.0 Å². The third-order valence-electron chi connectivity index (χ3n) is 2.47. The quantitative estimate of drug-likeness (QED) is 0.899. The molecule has 2 aromatic rings. The number of anilines is 1. The van der Waals surface area contributed by atoms with Crippen LogP contribution in [-0.4, -0.2) is 16.6 Å². The molecule has 5 heteroatoms. The maximum atomic E-state index is 13.0. The number of hydrogen-bond donors (Lipinski definition) is 1. The van der Waals surface area contributed by atoms with Crippen LogP contribution in [0, 0.1) is 12.7 Å². The Labute approximate surface area is 111 Å². The molecule has 1 heterocycles. The van der Waals surface area contributed by atoms with Crippen molar-refractivity contribution < 1.29 is 9.13 Å². The zero-order chi connectivity index (χ0) is 13.7. The van der Waals surface area contributed by atoms with Crippen molar-refractivity contribution in [1.82, 2.24) is 9.97 Å². The predicted molar refractivity (Wildman–Crippen MR) is 71.7 cm³/mol. The fraction of sp³-hybridized carbons (Fsp3) is 0.286. The normalized spacial score (nSPS) is 10.3. The molecule has 1 aromatic carbocycles. The zero-order valence-corrected chi connectivity index (χ0v) is 11.0. The molecule has 1 N–H and O–H groups in total. The second kappa shape index (κ2) is 6.13. The molecule has 0 atom stereocenters. The molecule has 100 valence electrons. The van der Waals surface area contributed by atoms with E-state index in [4.69, 9.17) is 4.74 Å². The Kier molecular flexibility index (Phi) is 4.28. The number of nitrogens with zero attached hydrogens (tertiary/aromatic N) is 2. The summed E-state index contributed by atoms with van der Waals surface area (Å²) in [6, 6.07) is 8.18. The highest BCUT2D eigenvalue weighted by Gasteiger charge is 2.02. The van der Waals surface area contributed by atoms with Gasteiger partial charge in [0, 0.05) is 12.6 Å². The largest absolute Gasteiger partial charge is 0.478 e. The van der Waals surface area contributed by atoms with Gasteiger partial charge in [-0.15, -0.1) is 0 Å². The van der Waals surface area contributed by atoms with Gasteiger partial charge in [0.05, 0.1) is 6.61 Å². The minimum atomic E-state index is -0.242. The first kappa shape index (κ1) is 13.3. The van der Waals surface area contributed by atoms with Crippen molar-refractivity contribution in [1.29, 1.82) is 0 Å². The summed E-state index contributed by atoms with van der Waals surface area (Å²) in [4.78, 5) is 8.42. The Morgan fingerprint density at radius 3 is 2.84 bits per heavy atom. The molecule has 4 nitrogen and oxygen atoms in total. The zero-order valence-electron chi connectivity index (χ0n) is 11.0. The Morgan fingerprint density at radius 2 is 2.11 bits per heavy atom. The monoisotopic (exact) mass is 261 g/mol. The maximum absolute atomic E-state index is 13.0. The SMILES string of the molecule is CCOc1cc(NCc2cccc(F)c2)nc(C)n1. The Balaban J connectivity index is 2.06. The summed E-state index contributed by atoms with van der Waals surface area (Å²) in [5.41, 5.74) is 0.856. The first-order valence-electron chi connectivity index (χ1n) is 6.14. The summed E-state index contributed by atoms with van der Waals surface area (Å²) in [6.45, 7) is 4.76. The van der Waals surface area contributed by atoms with Crippen LogP contribution in [0.2, 0.25) is 0 Å². The summed E-state index contributed by atoms with van der Waals surface area (Å²) < 4.78 is 18.4. The van der Waals surface area contributed by atoms with Gasteiger partial charge in [0.25, 0.3) is 0 Å². The average molecular weight is 261 g/mol. The number of aryl methyl sites for hydroxylation is 1. The van der Waals surface area contributed by atoms with E-state index in [-0.39, 0.29) is 5.82 Å². The van der Waals surface area contributed by atoms with Crippen molar-refractivity contribution in [2.45, 2.75) is 20.4 Å². The summed E-state index contributed by atoms with van der Waals surface area (Å²) in [6.07, 6.45) is 0. The predicted octanol–water partition coefficient (Wildman–Crippen LogP) is 2.93. The number of hydrogen-bond acceptors (Lipinski definition) is 4. The molecule has 19 heavy (non-hydrogen) atoms. The molecular formula is C14H16FN3O. The van der Waals surface area contributed by atoms with E-state index in [0.29, 0.717) is 30.7 Å². The van der Waals surface area contributed by atoms with Gasteiger partial charge in [-0.05, 0) is 31.5 Å². The van der Waals surface area contributed by atoms with E-state index in [9.17, 15) is 4.39 Å². The molecule has 0 spiro atoms. The highest BCUT2D eigenvalue weighted by atomic mass is 19.1. The van der Waals surface area contributed by atoms with Gasteiger partial charge in [-0.1, -0.05) is 12.1 Å². The molecule has 0 unspecified atom stereocenters. The lowest BCUT2D eigenvalue weighted by Gasteiger charge is -2.09. The molecule has 0 saturated heterocycles. The van der Waals surface area contributed by atoms with Crippen LogP contribution in [0.1, 0.15) is 18.3 Å². The number of rotatable bonds is 5. The van der Waals surface area contributed by atoms with Crippen molar-refractivity contribution in [2.75, 3.05) is 11.9 Å². The molecule has 0 amide bonds. The van der Waals surface area contributed by atoms with E-state index in [0.717, 1.165) is 5.56 Å². The summed E-state index contributed by atoms with van der Waals surface area (Å²) in [7, 11) is 0. The minimum absolute atomic E-state index is 0.242. The second-order valence-electron chi connectivity index (χ2n) is 4.06. The minimum Gasteiger partial charge on any atom is -0.478 e. The van der Waals surface area contributed by atoms with E-state index < -0.39 is 0 Å². The Morgan fingerprint density at radius 1 is 1.26 bits per heavy atom. The lowest BCUT2D eigenvalue weighted by atomic mass is 10.2. The Bertz CT molecular complexity index is 560. The average Bonchev–Trinajstić information content (AvgIpc) is 2.36. The topological polar surface area (TPSA) is 47.0 Å². The maximum Gasteiger partial charge on any atom is 0.218 e. The first-order chi connectivity index (χ1) is 9.17. The van der Waals surface area contributed by atoms with Crippen LogP contribution in [0.4, 0.5) is 10.2 Å². The van der Waals surface area contributed by atoms with Crippen LogP contribution in [-0.2, 0) is 6.54 Å². The van der Waals surface area contributed by atoms with Crippen LogP contribution in [0.3, 0.4) is 0 Å². The van der Waals surface area contributed by atoms with E-state index in [1.165, 1.54) is 12.1 Å². The van der Waals surface area contributed by atoms with Crippen molar-refractivity contribution in [3.8, 4) is 5.88 Å². The smallest absolute Gasteiger partial charge is 0.218 e. The summed E-state index contributed by atoms with van der Waals surface area (Å²) in [5, 5.41) is 3.13. The highest BCUT2D eigenvalue weighted by Crippen LogP contribution is 2.14. The molecule has 0 aliphatic rings. The molecular weight excluding hydrogens is 245 g/mol. The number of aromatic nitrogens is 2. The van der Waals surface area contributed by atoms with Crippen molar-refractivity contribution in [3.05, 3.63) is 47.5 Å². The standard InChI is InChI=1S/C14H16FN3O/c1-3-19-14-8-13(17-10(2)18-14)16-9-11-5-4-6-12(15)7-11/h4-8H,3,9H2,1-2H3,(H,16,17,18). The van der Waals surface area contributed by atoms with Gasteiger partial charge in [0.1, 0.15) is 17.5 Å². The van der Waals surface area contributed by atoms with E-state index in [1.54, 1.807) is 19.1 Å². The van der Waals surface area contributed by atoms with Crippen LogP contribution in [0.25, 0.3) is 0 Å². The number of ether oxygens (including phenoxy) is 1. The molecule has 0 aliphatic carbocycles. The number of nitrogens with one attached hydrogen (secondary N) is 1. The highest BCUT2D eigenvalue weighted by molar-refractivity contribution is 5.39.